The Kier molecular flexibility index (Phi) is 7.59. The number of nitrogens with zero attached hydrogens (tertiary/aromatic N) is 2. The molecule has 1 aromatic carbocycles. The Bertz CT molecular complexity index is 494. The lowest BCUT2D eigenvalue weighted by Crippen LogP contribution is -2.35. The van der Waals surface area contributed by atoms with Crippen molar-refractivity contribution in [3.63, 3.8) is 0 Å². The van der Waals surface area contributed by atoms with E-state index in [9.17, 15) is 9.59 Å². The van der Waals surface area contributed by atoms with Gasteiger partial charge in [0.1, 0.15) is 0 Å². The summed E-state index contributed by atoms with van der Waals surface area (Å²) in [4.78, 5) is 25.2. The Morgan fingerprint density at radius 1 is 1.24 bits per heavy atom. The molecule has 0 saturated carbocycles. The normalized spacial score (nSPS) is 9.71. The van der Waals surface area contributed by atoms with Crippen LogP contribution in [0.5, 0.6) is 0 Å². The van der Waals surface area contributed by atoms with Crippen molar-refractivity contribution in [2.24, 2.45) is 0 Å². The van der Waals surface area contributed by atoms with Gasteiger partial charge in [0.15, 0.2) is 0 Å². The SMILES string of the molecule is CCOC(=O)CCN(CCC#N)C(=O)Cc1ccccc1. The third-order valence-electron chi connectivity index (χ3n) is 2.94. The molecule has 1 aromatic rings. The lowest BCUT2D eigenvalue weighted by molar-refractivity contribution is -0.144. The van der Waals surface area contributed by atoms with E-state index in [4.69, 9.17) is 10.00 Å². The molecule has 0 atom stereocenters. The van der Waals surface area contributed by atoms with Crippen LogP contribution >= 0.6 is 0 Å². The summed E-state index contributed by atoms with van der Waals surface area (Å²) in [7, 11) is 0. The smallest absolute Gasteiger partial charge is 0.307 e. The largest absolute Gasteiger partial charge is 0.466 e. The summed E-state index contributed by atoms with van der Waals surface area (Å²) < 4.78 is 4.85. The summed E-state index contributed by atoms with van der Waals surface area (Å²) in [5.74, 6) is -0.410. The van der Waals surface area contributed by atoms with Crippen molar-refractivity contribution >= 4 is 11.9 Å². The number of ether oxygens (including phenoxy) is 1. The van der Waals surface area contributed by atoms with Crippen molar-refractivity contribution < 1.29 is 14.3 Å². The molecule has 0 saturated heterocycles. The number of amides is 1. The highest BCUT2D eigenvalue weighted by molar-refractivity contribution is 5.79. The Morgan fingerprint density at radius 2 is 1.95 bits per heavy atom. The number of carbonyl (C=O) groups excluding carboxylic acids is 2. The maximum absolute atomic E-state index is 12.3. The van der Waals surface area contributed by atoms with Crippen LogP contribution in [0.15, 0.2) is 30.3 Å². The fraction of sp³-hybridized carbons (Fsp3) is 0.438. The predicted molar refractivity (Wildman–Crippen MR) is 78.2 cm³/mol. The molecular weight excluding hydrogens is 268 g/mol. The molecule has 0 heterocycles. The first-order valence-corrected chi connectivity index (χ1v) is 7.01. The minimum Gasteiger partial charge on any atom is -0.466 e. The third-order valence-corrected chi connectivity index (χ3v) is 2.94. The van der Waals surface area contributed by atoms with E-state index in [-0.39, 0.29) is 37.7 Å². The van der Waals surface area contributed by atoms with Crippen molar-refractivity contribution in [3.05, 3.63) is 35.9 Å². The van der Waals surface area contributed by atoms with Gasteiger partial charge in [-0.05, 0) is 12.5 Å². The van der Waals surface area contributed by atoms with E-state index >= 15 is 0 Å². The maximum Gasteiger partial charge on any atom is 0.307 e. The van der Waals surface area contributed by atoms with E-state index in [0.29, 0.717) is 13.2 Å². The summed E-state index contributed by atoms with van der Waals surface area (Å²) in [6.45, 7) is 2.69. The monoisotopic (exact) mass is 288 g/mol. The van der Waals surface area contributed by atoms with E-state index in [1.54, 1.807) is 11.8 Å². The fourth-order valence-corrected chi connectivity index (χ4v) is 1.89. The lowest BCUT2D eigenvalue weighted by Gasteiger charge is -2.21. The topological polar surface area (TPSA) is 70.4 Å². The molecule has 0 aliphatic heterocycles. The summed E-state index contributed by atoms with van der Waals surface area (Å²) >= 11 is 0. The standard InChI is InChI=1S/C16H20N2O3/c1-2-21-16(20)9-12-18(11-6-10-17)15(19)13-14-7-4-3-5-8-14/h3-5,7-8H,2,6,9,11-13H2,1H3. The summed E-state index contributed by atoms with van der Waals surface area (Å²) in [6.07, 6.45) is 0.679. The molecule has 0 N–H and O–H groups in total. The van der Waals surface area contributed by atoms with Crippen molar-refractivity contribution in [2.45, 2.75) is 26.2 Å². The van der Waals surface area contributed by atoms with Crippen LogP contribution in [0.2, 0.25) is 0 Å². The molecule has 1 amide bonds. The highest BCUT2D eigenvalue weighted by Gasteiger charge is 2.15. The van der Waals surface area contributed by atoms with Crippen LogP contribution in [-0.4, -0.2) is 36.5 Å². The quantitative estimate of drug-likeness (QED) is 0.685. The van der Waals surface area contributed by atoms with Crippen LogP contribution < -0.4 is 0 Å². The molecule has 0 aromatic heterocycles. The van der Waals surface area contributed by atoms with Crippen LogP contribution in [0, 0.1) is 11.3 Å². The Labute approximate surface area is 125 Å². The van der Waals surface area contributed by atoms with Gasteiger partial charge in [-0.25, -0.2) is 0 Å². The summed E-state index contributed by atoms with van der Waals surface area (Å²) in [5, 5.41) is 8.67. The number of rotatable bonds is 8. The number of carbonyl (C=O) groups is 2. The Hall–Kier alpha value is -2.35. The summed E-state index contributed by atoms with van der Waals surface area (Å²) in [6, 6.07) is 11.4. The van der Waals surface area contributed by atoms with E-state index in [1.807, 2.05) is 36.4 Å². The molecule has 112 valence electrons. The molecular formula is C16H20N2O3. The van der Waals surface area contributed by atoms with Crippen molar-refractivity contribution in [2.75, 3.05) is 19.7 Å². The molecule has 0 aliphatic rings. The Morgan fingerprint density at radius 3 is 2.57 bits per heavy atom. The van der Waals surface area contributed by atoms with E-state index in [1.165, 1.54) is 0 Å². The average molecular weight is 288 g/mol. The zero-order valence-electron chi connectivity index (χ0n) is 12.2. The van der Waals surface area contributed by atoms with Crippen LogP contribution in [0.25, 0.3) is 0 Å². The van der Waals surface area contributed by atoms with E-state index in [0.717, 1.165) is 5.56 Å². The van der Waals surface area contributed by atoms with Crippen LogP contribution in [0.4, 0.5) is 0 Å². The second kappa shape index (κ2) is 9.54. The number of benzene rings is 1. The van der Waals surface area contributed by atoms with Crippen LogP contribution in [0.1, 0.15) is 25.3 Å². The van der Waals surface area contributed by atoms with Gasteiger partial charge in [-0.2, -0.15) is 5.26 Å². The molecule has 0 unspecified atom stereocenters. The van der Waals surface area contributed by atoms with Gasteiger partial charge < -0.3 is 9.64 Å². The number of hydrogen-bond donors (Lipinski definition) is 0. The van der Waals surface area contributed by atoms with Crippen molar-refractivity contribution in [1.29, 1.82) is 5.26 Å². The van der Waals surface area contributed by atoms with Gasteiger partial charge in [0.2, 0.25) is 5.91 Å². The first-order valence-electron chi connectivity index (χ1n) is 7.01. The number of esters is 1. The minimum atomic E-state index is -0.327. The van der Waals surface area contributed by atoms with Crippen LogP contribution in [-0.2, 0) is 20.7 Å². The Balaban J connectivity index is 2.57. The first kappa shape index (κ1) is 16.7. The first-order chi connectivity index (χ1) is 10.2. The van der Waals surface area contributed by atoms with Gasteiger partial charge >= 0.3 is 5.97 Å². The molecule has 5 heteroatoms. The molecule has 1 rings (SSSR count). The molecule has 5 nitrogen and oxygen atoms in total. The zero-order chi connectivity index (χ0) is 15.5. The molecule has 0 radical (unpaired) electrons. The van der Waals surface area contributed by atoms with Crippen molar-refractivity contribution in [1.82, 2.24) is 4.90 Å². The molecule has 0 spiro atoms. The molecule has 0 bridgehead atoms. The van der Waals surface area contributed by atoms with E-state index < -0.39 is 0 Å². The van der Waals surface area contributed by atoms with Crippen LogP contribution in [0.3, 0.4) is 0 Å². The van der Waals surface area contributed by atoms with Gasteiger partial charge in [0.05, 0.1) is 31.9 Å². The second-order valence-electron chi connectivity index (χ2n) is 4.51. The van der Waals surface area contributed by atoms with Crippen molar-refractivity contribution in [3.8, 4) is 6.07 Å². The molecule has 0 aliphatic carbocycles. The third kappa shape index (κ3) is 6.57. The summed E-state index contributed by atoms with van der Waals surface area (Å²) in [5.41, 5.74) is 0.917. The van der Waals surface area contributed by atoms with Gasteiger partial charge in [0.25, 0.3) is 0 Å². The predicted octanol–water partition coefficient (Wildman–Crippen LogP) is 1.92. The van der Waals surface area contributed by atoms with Gasteiger partial charge in [-0.15, -0.1) is 0 Å². The minimum absolute atomic E-state index is 0.0826. The van der Waals surface area contributed by atoms with E-state index in [2.05, 4.69) is 0 Å². The average Bonchev–Trinajstić information content (AvgIpc) is 2.48. The number of hydrogen-bond acceptors (Lipinski definition) is 4. The lowest BCUT2D eigenvalue weighted by atomic mass is 10.1. The van der Waals surface area contributed by atoms with Gasteiger partial charge in [0, 0.05) is 13.1 Å². The molecule has 21 heavy (non-hydrogen) atoms. The number of nitriles is 1. The maximum atomic E-state index is 12.3. The highest BCUT2D eigenvalue weighted by atomic mass is 16.5. The molecule has 0 fully saturated rings. The second-order valence-corrected chi connectivity index (χ2v) is 4.51. The highest BCUT2D eigenvalue weighted by Crippen LogP contribution is 2.05. The van der Waals surface area contributed by atoms with Gasteiger partial charge in [-0.1, -0.05) is 30.3 Å². The van der Waals surface area contributed by atoms with Gasteiger partial charge in [-0.3, -0.25) is 9.59 Å². The fourth-order valence-electron chi connectivity index (χ4n) is 1.89. The zero-order valence-corrected chi connectivity index (χ0v) is 12.2.